The molecule has 25 heavy (non-hydrogen) atoms. The fourth-order valence-corrected chi connectivity index (χ4v) is 3.81. The molecule has 0 unspecified atom stereocenters. The number of hydrogen-bond donors (Lipinski definition) is 1. The van der Waals surface area contributed by atoms with Crippen LogP contribution in [0, 0.1) is 13.8 Å². The Labute approximate surface area is 151 Å². The fraction of sp³-hybridized carbons (Fsp3) is 0.176. The molecule has 0 spiro atoms. The maximum atomic E-state index is 13.3. The van der Waals surface area contributed by atoms with Gasteiger partial charge in [0.05, 0.1) is 16.2 Å². The van der Waals surface area contributed by atoms with E-state index in [4.69, 9.17) is 12.2 Å². The summed E-state index contributed by atoms with van der Waals surface area (Å²) >= 11 is 6.09. The highest BCUT2D eigenvalue weighted by molar-refractivity contribution is 8.26. The monoisotopic (exact) mass is 382 g/mol. The second-order valence-corrected chi connectivity index (χ2v) is 7.25. The number of hydrogen-bond acceptors (Lipinski definition) is 3. The molecule has 3 nitrogen and oxygen atoms in total. The van der Waals surface area contributed by atoms with Crippen molar-refractivity contribution in [3.8, 4) is 5.69 Å². The normalized spacial score (nSPS) is 16.6. The van der Waals surface area contributed by atoms with E-state index in [1.54, 1.807) is 36.6 Å². The van der Waals surface area contributed by atoms with Crippen LogP contribution in [-0.4, -0.2) is 14.8 Å². The zero-order chi connectivity index (χ0) is 18.4. The third kappa shape index (κ3) is 3.36. The van der Waals surface area contributed by atoms with Crippen molar-refractivity contribution in [2.24, 2.45) is 0 Å². The first-order valence-electron chi connectivity index (χ1n) is 7.29. The summed E-state index contributed by atoms with van der Waals surface area (Å²) < 4.78 is 41.9. The summed E-state index contributed by atoms with van der Waals surface area (Å²) in [5.74, 6) is -0.296. The molecule has 0 aliphatic carbocycles. The van der Waals surface area contributed by atoms with Gasteiger partial charge in [0.15, 0.2) is 0 Å². The molecule has 0 saturated carbocycles. The van der Waals surface area contributed by atoms with Gasteiger partial charge in [-0.3, -0.25) is 4.79 Å². The SMILES string of the molecule is Cc1cc(/C=C2/SC(=S)NC2=O)c(C)n1-c1ccccc1C(F)(F)F. The number of rotatable bonds is 2. The van der Waals surface area contributed by atoms with E-state index in [-0.39, 0.29) is 11.6 Å². The number of halogens is 3. The molecule has 1 aliphatic heterocycles. The summed E-state index contributed by atoms with van der Waals surface area (Å²) in [6.45, 7) is 3.46. The molecule has 2 aromatic rings. The summed E-state index contributed by atoms with van der Waals surface area (Å²) in [6.07, 6.45) is -2.81. The summed E-state index contributed by atoms with van der Waals surface area (Å²) in [6, 6.07) is 7.19. The third-order valence-electron chi connectivity index (χ3n) is 3.85. The highest BCUT2D eigenvalue weighted by atomic mass is 32.2. The van der Waals surface area contributed by atoms with E-state index >= 15 is 0 Å². The lowest BCUT2D eigenvalue weighted by Gasteiger charge is -2.16. The zero-order valence-electron chi connectivity index (χ0n) is 13.3. The van der Waals surface area contributed by atoms with Crippen LogP contribution in [0.15, 0.2) is 35.2 Å². The van der Waals surface area contributed by atoms with E-state index in [1.165, 1.54) is 12.1 Å². The molecule has 1 aliphatic rings. The van der Waals surface area contributed by atoms with Crippen molar-refractivity contribution in [2.45, 2.75) is 20.0 Å². The minimum absolute atomic E-state index is 0.0636. The number of nitrogens with zero attached hydrogens (tertiary/aromatic N) is 1. The molecule has 3 rings (SSSR count). The van der Waals surface area contributed by atoms with Gasteiger partial charge in [0.25, 0.3) is 5.91 Å². The van der Waals surface area contributed by atoms with Crippen LogP contribution >= 0.6 is 24.0 Å². The van der Waals surface area contributed by atoms with E-state index in [9.17, 15) is 18.0 Å². The number of aryl methyl sites for hydroxylation is 1. The number of thiocarbonyl (C=S) groups is 1. The predicted octanol–water partition coefficient (Wildman–Crippen LogP) is 4.60. The Morgan fingerprint density at radius 1 is 1.24 bits per heavy atom. The molecule has 1 N–H and O–H groups in total. The number of thioether (sulfide) groups is 1. The van der Waals surface area contributed by atoms with Crippen LogP contribution in [0.2, 0.25) is 0 Å². The van der Waals surface area contributed by atoms with Crippen molar-refractivity contribution in [1.29, 1.82) is 0 Å². The second kappa shape index (κ2) is 6.34. The Morgan fingerprint density at radius 2 is 1.92 bits per heavy atom. The molecule has 0 atom stereocenters. The van der Waals surface area contributed by atoms with Gasteiger partial charge in [0.2, 0.25) is 0 Å². The number of alkyl halides is 3. The summed E-state index contributed by atoms with van der Waals surface area (Å²) in [5.41, 5.74) is 1.30. The van der Waals surface area contributed by atoms with Crippen LogP contribution in [0.25, 0.3) is 11.8 Å². The lowest BCUT2D eigenvalue weighted by molar-refractivity contribution is -0.137. The number of para-hydroxylation sites is 1. The Hall–Kier alpha value is -2.06. The van der Waals surface area contributed by atoms with Crippen LogP contribution in [0.4, 0.5) is 13.2 Å². The number of amides is 1. The minimum Gasteiger partial charge on any atom is -0.317 e. The van der Waals surface area contributed by atoms with E-state index in [2.05, 4.69) is 5.32 Å². The number of benzene rings is 1. The molecular formula is C17H13F3N2OS2. The molecule has 130 valence electrons. The highest BCUT2D eigenvalue weighted by Crippen LogP contribution is 2.36. The topological polar surface area (TPSA) is 34.0 Å². The number of nitrogens with one attached hydrogen (secondary N) is 1. The van der Waals surface area contributed by atoms with Crippen molar-refractivity contribution in [3.63, 3.8) is 0 Å². The first kappa shape index (κ1) is 17.8. The number of carbonyl (C=O) groups is 1. The molecule has 1 fully saturated rings. The summed E-state index contributed by atoms with van der Waals surface area (Å²) in [5, 5.41) is 2.52. The van der Waals surface area contributed by atoms with Gasteiger partial charge in [0, 0.05) is 11.4 Å². The molecule has 0 bridgehead atoms. The standard InChI is InChI=1S/C17H13F3N2OS2/c1-9-7-11(8-14-15(23)21-16(24)25-14)10(2)22(9)13-6-4-3-5-12(13)17(18,19)20/h3-8H,1-2H3,(H,21,23,24)/b14-8+. The van der Waals surface area contributed by atoms with Gasteiger partial charge in [-0.05, 0) is 43.7 Å². The van der Waals surface area contributed by atoms with Crippen molar-refractivity contribution in [3.05, 3.63) is 57.8 Å². The van der Waals surface area contributed by atoms with E-state index in [0.717, 1.165) is 17.8 Å². The Morgan fingerprint density at radius 3 is 2.52 bits per heavy atom. The van der Waals surface area contributed by atoms with E-state index in [1.807, 2.05) is 0 Å². The van der Waals surface area contributed by atoms with E-state index < -0.39 is 11.7 Å². The first-order chi connectivity index (χ1) is 11.7. The highest BCUT2D eigenvalue weighted by Gasteiger charge is 2.34. The smallest absolute Gasteiger partial charge is 0.317 e. The van der Waals surface area contributed by atoms with Gasteiger partial charge in [-0.1, -0.05) is 36.1 Å². The minimum atomic E-state index is -4.45. The Balaban J connectivity index is 2.13. The summed E-state index contributed by atoms with van der Waals surface area (Å²) in [7, 11) is 0. The van der Waals surface area contributed by atoms with Crippen molar-refractivity contribution in [1.82, 2.24) is 9.88 Å². The van der Waals surface area contributed by atoms with Crippen LogP contribution in [0.1, 0.15) is 22.5 Å². The molecule has 1 amide bonds. The van der Waals surface area contributed by atoms with Crippen molar-refractivity contribution < 1.29 is 18.0 Å². The Kier molecular flexibility index (Phi) is 4.51. The van der Waals surface area contributed by atoms with Crippen LogP contribution < -0.4 is 5.32 Å². The average Bonchev–Trinajstić information content (AvgIpc) is 2.97. The van der Waals surface area contributed by atoms with Gasteiger partial charge < -0.3 is 9.88 Å². The number of aromatic nitrogens is 1. The average molecular weight is 382 g/mol. The van der Waals surface area contributed by atoms with Gasteiger partial charge in [-0.15, -0.1) is 0 Å². The molecule has 1 saturated heterocycles. The lowest BCUT2D eigenvalue weighted by Crippen LogP contribution is -2.17. The second-order valence-electron chi connectivity index (χ2n) is 5.53. The third-order valence-corrected chi connectivity index (χ3v) is 5.01. The lowest BCUT2D eigenvalue weighted by atomic mass is 10.1. The maximum Gasteiger partial charge on any atom is 0.418 e. The Bertz CT molecular complexity index is 913. The van der Waals surface area contributed by atoms with Crippen LogP contribution in [0.3, 0.4) is 0 Å². The van der Waals surface area contributed by atoms with Gasteiger partial charge >= 0.3 is 6.18 Å². The number of carbonyl (C=O) groups excluding carboxylic acids is 1. The largest absolute Gasteiger partial charge is 0.418 e. The van der Waals surface area contributed by atoms with Gasteiger partial charge in [-0.25, -0.2) is 0 Å². The molecule has 8 heteroatoms. The summed E-state index contributed by atoms with van der Waals surface area (Å²) in [4.78, 5) is 12.2. The maximum absolute atomic E-state index is 13.3. The molecule has 1 aromatic carbocycles. The van der Waals surface area contributed by atoms with Crippen LogP contribution in [-0.2, 0) is 11.0 Å². The zero-order valence-corrected chi connectivity index (χ0v) is 14.9. The van der Waals surface area contributed by atoms with Crippen molar-refractivity contribution >= 4 is 40.3 Å². The van der Waals surface area contributed by atoms with Crippen LogP contribution in [0.5, 0.6) is 0 Å². The first-order valence-corrected chi connectivity index (χ1v) is 8.51. The molecule has 0 radical (unpaired) electrons. The van der Waals surface area contributed by atoms with Gasteiger partial charge in [-0.2, -0.15) is 13.2 Å². The molecular weight excluding hydrogens is 369 g/mol. The fourth-order valence-electron chi connectivity index (χ4n) is 2.78. The van der Waals surface area contributed by atoms with Crippen molar-refractivity contribution in [2.75, 3.05) is 0 Å². The quantitative estimate of drug-likeness (QED) is 0.609. The molecule has 1 aromatic heterocycles. The molecule has 2 heterocycles. The predicted molar refractivity (Wildman–Crippen MR) is 96.6 cm³/mol. The van der Waals surface area contributed by atoms with E-state index in [0.29, 0.717) is 26.2 Å². The van der Waals surface area contributed by atoms with Gasteiger partial charge in [0.1, 0.15) is 4.32 Å².